The van der Waals surface area contributed by atoms with E-state index in [-0.39, 0.29) is 0 Å². The van der Waals surface area contributed by atoms with Crippen molar-refractivity contribution in [2.45, 2.75) is 26.5 Å². The minimum atomic E-state index is 0.375. The zero-order chi connectivity index (χ0) is 13.8. The van der Waals surface area contributed by atoms with Gasteiger partial charge in [0.1, 0.15) is 18.1 Å². The second kappa shape index (κ2) is 6.10. The van der Waals surface area contributed by atoms with Gasteiger partial charge in [0.15, 0.2) is 0 Å². The first-order valence-corrected chi connectivity index (χ1v) is 6.88. The van der Waals surface area contributed by atoms with Crippen molar-refractivity contribution in [1.82, 2.24) is 9.55 Å². The molecular weight excluding hydrogens is 308 g/mol. The number of methoxy groups -OCH3 is 1. The Hall–Kier alpha value is -1.49. The van der Waals surface area contributed by atoms with E-state index < -0.39 is 0 Å². The maximum Gasteiger partial charge on any atom is 0.134 e. The summed E-state index contributed by atoms with van der Waals surface area (Å²) in [5.74, 6) is 1.59. The molecule has 102 valence electrons. The molecule has 0 fully saturated rings. The lowest BCUT2D eigenvalue weighted by Crippen LogP contribution is -2.07. The van der Waals surface area contributed by atoms with Crippen LogP contribution in [-0.2, 0) is 6.61 Å². The van der Waals surface area contributed by atoms with E-state index in [2.05, 4.69) is 39.3 Å². The molecule has 19 heavy (non-hydrogen) atoms. The Kier molecular flexibility index (Phi) is 4.47. The smallest absolute Gasteiger partial charge is 0.134 e. The van der Waals surface area contributed by atoms with Gasteiger partial charge in [-0.2, -0.15) is 0 Å². The van der Waals surface area contributed by atoms with Gasteiger partial charge in [0.2, 0.25) is 0 Å². The molecule has 4 nitrogen and oxygen atoms in total. The Bertz CT molecular complexity index is 552. The Morgan fingerprint density at radius 3 is 2.79 bits per heavy atom. The summed E-state index contributed by atoms with van der Waals surface area (Å²) in [6.07, 6.45) is 3.66. The average molecular weight is 325 g/mol. The number of halogens is 1. The molecule has 0 N–H and O–H groups in total. The molecule has 1 aromatic heterocycles. The van der Waals surface area contributed by atoms with Gasteiger partial charge in [0, 0.05) is 6.04 Å². The summed E-state index contributed by atoms with van der Waals surface area (Å²) in [6.45, 7) is 4.73. The molecule has 0 saturated heterocycles. The highest BCUT2D eigenvalue weighted by molar-refractivity contribution is 9.10. The fourth-order valence-corrected chi connectivity index (χ4v) is 2.26. The van der Waals surface area contributed by atoms with Gasteiger partial charge in [0.25, 0.3) is 0 Å². The van der Waals surface area contributed by atoms with Crippen LogP contribution in [0.3, 0.4) is 0 Å². The van der Waals surface area contributed by atoms with Crippen LogP contribution in [0.4, 0.5) is 0 Å². The van der Waals surface area contributed by atoms with E-state index in [1.165, 1.54) is 0 Å². The van der Waals surface area contributed by atoms with E-state index in [4.69, 9.17) is 9.47 Å². The molecule has 5 heteroatoms. The maximum atomic E-state index is 5.81. The zero-order valence-corrected chi connectivity index (χ0v) is 12.8. The van der Waals surface area contributed by atoms with E-state index in [0.717, 1.165) is 21.7 Å². The zero-order valence-electron chi connectivity index (χ0n) is 11.3. The van der Waals surface area contributed by atoms with E-state index in [1.807, 2.05) is 30.7 Å². The summed E-state index contributed by atoms with van der Waals surface area (Å²) in [6, 6.07) is 6.02. The van der Waals surface area contributed by atoms with Crippen LogP contribution in [0.5, 0.6) is 11.5 Å². The Morgan fingerprint density at radius 1 is 1.37 bits per heavy atom. The van der Waals surface area contributed by atoms with Gasteiger partial charge in [-0.3, -0.25) is 0 Å². The first kappa shape index (κ1) is 13.9. The normalized spacial score (nSPS) is 10.8. The van der Waals surface area contributed by atoms with Crippen LogP contribution in [0.25, 0.3) is 0 Å². The SMILES string of the molecule is COc1ccc(OCc2cncn2C(C)C)c(Br)c1. The summed E-state index contributed by atoms with van der Waals surface area (Å²) >= 11 is 3.47. The average Bonchev–Trinajstić information content (AvgIpc) is 2.85. The number of hydrogen-bond donors (Lipinski definition) is 0. The number of imidazole rings is 1. The second-order valence-corrected chi connectivity index (χ2v) is 5.33. The van der Waals surface area contributed by atoms with Crippen molar-refractivity contribution in [2.24, 2.45) is 0 Å². The molecule has 2 aromatic rings. The number of rotatable bonds is 5. The number of benzene rings is 1. The first-order chi connectivity index (χ1) is 9.11. The molecule has 0 aliphatic heterocycles. The number of ether oxygens (including phenoxy) is 2. The van der Waals surface area contributed by atoms with Crippen LogP contribution in [-0.4, -0.2) is 16.7 Å². The molecule has 0 unspecified atom stereocenters. The van der Waals surface area contributed by atoms with E-state index in [1.54, 1.807) is 7.11 Å². The predicted octanol–water partition coefficient (Wildman–Crippen LogP) is 3.81. The molecule has 2 rings (SSSR count). The van der Waals surface area contributed by atoms with Crippen LogP contribution in [0, 0.1) is 0 Å². The summed E-state index contributed by atoms with van der Waals surface area (Å²) < 4.78 is 13.9. The first-order valence-electron chi connectivity index (χ1n) is 6.09. The monoisotopic (exact) mass is 324 g/mol. The molecule has 0 atom stereocenters. The summed E-state index contributed by atoms with van der Waals surface area (Å²) in [4.78, 5) is 4.16. The fraction of sp³-hybridized carbons (Fsp3) is 0.357. The van der Waals surface area contributed by atoms with Crippen LogP contribution in [0.1, 0.15) is 25.6 Å². The third kappa shape index (κ3) is 3.29. The lowest BCUT2D eigenvalue weighted by molar-refractivity contribution is 0.289. The number of hydrogen-bond acceptors (Lipinski definition) is 3. The van der Waals surface area contributed by atoms with Crippen LogP contribution < -0.4 is 9.47 Å². The number of nitrogens with zero attached hydrogens (tertiary/aromatic N) is 2. The summed E-state index contributed by atoms with van der Waals surface area (Å²) in [5.41, 5.74) is 1.05. The largest absolute Gasteiger partial charge is 0.497 e. The molecule has 0 aliphatic rings. The molecule has 0 bridgehead atoms. The van der Waals surface area contributed by atoms with Gasteiger partial charge >= 0.3 is 0 Å². The van der Waals surface area contributed by atoms with Crippen molar-refractivity contribution >= 4 is 15.9 Å². The third-order valence-corrected chi connectivity index (χ3v) is 3.44. The Labute approximate surface area is 121 Å². The molecule has 0 radical (unpaired) electrons. The lowest BCUT2D eigenvalue weighted by atomic mass is 10.3. The van der Waals surface area contributed by atoms with Crippen molar-refractivity contribution < 1.29 is 9.47 Å². The highest BCUT2D eigenvalue weighted by Gasteiger charge is 2.08. The topological polar surface area (TPSA) is 36.3 Å². The van der Waals surface area contributed by atoms with Crippen molar-refractivity contribution in [3.8, 4) is 11.5 Å². The summed E-state index contributed by atoms with van der Waals surface area (Å²) in [5, 5.41) is 0. The van der Waals surface area contributed by atoms with E-state index in [9.17, 15) is 0 Å². The fourth-order valence-electron chi connectivity index (χ4n) is 1.79. The highest BCUT2D eigenvalue weighted by Crippen LogP contribution is 2.29. The van der Waals surface area contributed by atoms with E-state index in [0.29, 0.717) is 12.6 Å². The molecule has 1 aromatic carbocycles. The molecular formula is C14H17BrN2O2. The van der Waals surface area contributed by atoms with Crippen molar-refractivity contribution in [3.05, 3.63) is 40.9 Å². The minimum absolute atomic E-state index is 0.375. The van der Waals surface area contributed by atoms with Crippen LogP contribution in [0.15, 0.2) is 35.2 Å². The van der Waals surface area contributed by atoms with Gasteiger partial charge in [-0.15, -0.1) is 0 Å². The maximum absolute atomic E-state index is 5.81. The van der Waals surface area contributed by atoms with E-state index >= 15 is 0 Å². The highest BCUT2D eigenvalue weighted by atomic mass is 79.9. The van der Waals surface area contributed by atoms with Gasteiger partial charge < -0.3 is 14.0 Å². The molecule has 0 amide bonds. The van der Waals surface area contributed by atoms with Crippen molar-refractivity contribution in [3.63, 3.8) is 0 Å². The molecule has 1 heterocycles. The molecule has 0 spiro atoms. The number of aromatic nitrogens is 2. The van der Waals surface area contributed by atoms with Crippen LogP contribution in [0.2, 0.25) is 0 Å². The molecule has 0 saturated carbocycles. The summed E-state index contributed by atoms with van der Waals surface area (Å²) in [7, 11) is 1.64. The van der Waals surface area contributed by atoms with Crippen molar-refractivity contribution in [2.75, 3.05) is 7.11 Å². The van der Waals surface area contributed by atoms with Gasteiger partial charge in [0.05, 0.1) is 29.8 Å². The predicted molar refractivity (Wildman–Crippen MR) is 77.6 cm³/mol. The van der Waals surface area contributed by atoms with Gasteiger partial charge in [-0.25, -0.2) is 4.98 Å². The Morgan fingerprint density at radius 2 is 2.16 bits per heavy atom. The standard InChI is InChI=1S/C14H17BrN2O2/c1-10(2)17-9-16-7-11(17)8-19-14-5-4-12(18-3)6-13(14)15/h4-7,9-10H,8H2,1-3H3. The van der Waals surface area contributed by atoms with Gasteiger partial charge in [-0.1, -0.05) is 0 Å². The third-order valence-electron chi connectivity index (χ3n) is 2.82. The Balaban J connectivity index is 2.08. The molecule has 0 aliphatic carbocycles. The van der Waals surface area contributed by atoms with Crippen LogP contribution >= 0.6 is 15.9 Å². The second-order valence-electron chi connectivity index (χ2n) is 4.47. The minimum Gasteiger partial charge on any atom is -0.497 e. The lowest BCUT2D eigenvalue weighted by Gasteiger charge is -2.13. The van der Waals surface area contributed by atoms with Crippen molar-refractivity contribution in [1.29, 1.82) is 0 Å². The quantitative estimate of drug-likeness (QED) is 0.839. The van der Waals surface area contributed by atoms with Gasteiger partial charge in [-0.05, 0) is 48.0 Å².